The Balaban J connectivity index is 3.18. The average molecular weight is 365 g/mol. The molecule has 1 aromatic rings. The number of carbonyl (C=O) groups excluding carboxylic acids is 2. The van der Waals surface area contributed by atoms with Gasteiger partial charge >= 0.3 is 5.97 Å². The number of aryl methyl sites for hydroxylation is 1. The van der Waals surface area contributed by atoms with Crippen molar-refractivity contribution < 1.29 is 24.5 Å². The van der Waals surface area contributed by atoms with Crippen LogP contribution in [0.2, 0.25) is 0 Å². The lowest BCUT2D eigenvalue weighted by atomic mass is 10.0. The van der Waals surface area contributed by atoms with Gasteiger partial charge in [0.1, 0.15) is 11.6 Å². The SMILES string of the molecule is Cc1cc(=O)c(O)c(O)cc1C(=O)NC(CC(C)C)C(=O)OC(C)(C)C. The smallest absolute Gasteiger partial charge is 0.329 e. The van der Waals surface area contributed by atoms with Gasteiger partial charge in [-0.05, 0) is 57.7 Å². The zero-order chi connectivity index (χ0) is 20.2. The standard InChI is InChI=1S/C19H27NO6/c1-10(2)7-13(18(25)26-19(4,5)6)20-17(24)12-9-15(22)16(23)14(21)8-11(12)3/h8-10,13H,7H2,1-6H3,(H,20,24)(H2,21,22,23). The first-order chi connectivity index (χ1) is 11.8. The minimum Gasteiger partial charge on any atom is -0.504 e. The van der Waals surface area contributed by atoms with E-state index in [0.29, 0.717) is 6.42 Å². The predicted molar refractivity (Wildman–Crippen MR) is 97.3 cm³/mol. The van der Waals surface area contributed by atoms with Crippen molar-refractivity contribution in [2.24, 2.45) is 5.92 Å². The summed E-state index contributed by atoms with van der Waals surface area (Å²) in [6.45, 7) is 10.5. The third-order valence-corrected chi connectivity index (χ3v) is 3.48. The molecule has 26 heavy (non-hydrogen) atoms. The van der Waals surface area contributed by atoms with E-state index in [2.05, 4.69) is 5.32 Å². The molecule has 1 aromatic carbocycles. The summed E-state index contributed by atoms with van der Waals surface area (Å²) in [6.07, 6.45) is 0.364. The van der Waals surface area contributed by atoms with Crippen LogP contribution in [0.3, 0.4) is 0 Å². The van der Waals surface area contributed by atoms with E-state index in [9.17, 15) is 24.6 Å². The quantitative estimate of drug-likeness (QED) is 0.690. The largest absolute Gasteiger partial charge is 0.504 e. The van der Waals surface area contributed by atoms with E-state index in [-0.39, 0.29) is 17.0 Å². The monoisotopic (exact) mass is 365 g/mol. The molecule has 0 radical (unpaired) electrons. The third kappa shape index (κ3) is 6.06. The van der Waals surface area contributed by atoms with E-state index in [1.807, 2.05) is 13.8 Å². The summed E-state index contributed by atoms with van der Waals surface area (Å²) in [5, 5.41) is 21.9. The fourth-order valence-corrected chi connectivity index (χ4v) is 2.33. The molecule has 1 rings (SSSR count). The zero-order valence-corrected chi connectivity index (χ0v) is 16.0. The first-order valence-electron chi connectivity index (χ1n) is 8.42. The van der Waals surface area contributed by atoms with Crippen LogP contribution in [0, 0.1) is 12.8 Å². The Kier molecular flexibility index (Phi) is 6.78. The Bertz CT molecular complexity index is 749. The van der Waals surface area contributed by atoms with Gasteiger partial charge in [-0.3, -0.25) is 9.59 Å². The molecule has 7 nitrogen and oxygen atoms in total. The van der Waals surface area contributed by atoms with Gasteiger partial charge in [-0.1, -0.05) is 13.8 Å². The summed E-state index contributed by atoms with van der Waals surface area (Å²) in [7, 11) is 0. The molecule has 0 bridgehead atoms. The Morgan fingerprint density at radius 1 is 1.19 bits per heavy atom. The van der Waals surface area contributed by atoms with E-state index in [1.54, 1.807) is 20.8 Å². The molecule has 0 aliphatic heterocycles. The lowest BCUT2D eigenvalue weighted by Gasteiger charge is -2.25. The van der Waals surface area contributed by atoms with Gasteiger partial charge in [0.05, 0.1) is 0 Å². The first kappa shape index (κ1) is 21.5. The maximum Gasteiger partial charge on any atom is 0.329 e. The Hall–Kier alpha value is -2.57. The second-order valence-corrected chi connectivity index (χ2v) is 7.67. The van der Waals surface area contributed by atoms with Gasteiger partial charge in [0.2, 0.25) is 11.2 Å². The van der Waals surface area contributed by atoms with E-state index < -0.39 is 40.4 Å². The molecule has 0 aliphatic carbocycles. The van der Waals surface area contributed by atoms with Gasteiger partial charge in [0.25, 0.3) is 5.91 Å². The first-order valence-corrected chi connectivity index (χ1v) is 8.42. The maximum atomic E-state index is 12.6. The number of ether oxygens (including phenoxy) is 1. The number of aromatic hydroxyl groups is 2. The number of rotatable bonds is 5. The van der Waals surface area contributed by atoms with Crippen LogP contribution in [0.5, 0.6) is 11.5 Å². The van der Waals surface area contributed by atoms with Crippen LogP contribution in [-0.2, 0) is 9.53 Å². The van der Waals surface area contributed by atoms with Crippen LogP contribution >= 0.6 is 0 Å². The fourth-order valence-electron chi connectivity index (χ4n) is 2.33. The van der Waals surface area contributed by atoms with Gasteiger partial charge in [0, 0.05) is 5.56 Å². The molecule has 1 atom stereocenters. The van der Waals surface area contributed by atoms with Gasteiger partial charge in [-0.15, -0.1) is 0 Å². The molecule has 0 saturated carbocycles. The summed E-state index contributed by atoms with van der Waals surface area (Å²) in [6, 6.07) is 1.17. The van der Waals surface area contributed by atoms with Gasteiger partial charge in [-0.25, -0.2) is 4.79 Å². The number of nitrogens with one attached hydrogen (secondary N) is 1. The van der Waals surface area contributed by atoms with Crippen LogP contribution in [0.1, 0.15) is 57.0 Å². The van der Waals surface area contributed by atoms with Gasteiger partial charge < -0.3 is 20.3 Å². The maximum absolute atomic E-state index is 12.6. The number of carbonyl (C=O) groups is 2. The summed E-state index contributed by atoms with van der Waals surface area (Å²) < 4.78 is 5.36. The Morgan fingerprint density at radius 2 is 1.77 bits per heavy atom. The van der Waals surface area contributed by atoms with Crippen LogP contribution in [0.4, 0.5) is 0 Å². The molecule has 0 saturated heterocycles. The average Bonchev–Trinajstić information content (AvgIpc) is 2.56. The van der Waals surface area contributed by atoms with Crippen molar-refractivity contribution in [1.82, 2.24) is 5.32 Å². The highest BCUT2D eigenvalue weighted by atomic mass is 16.6. The number of amides is 1. The zero-order valence-electron chi connectivity index (χ0n) is 16.0. The fraction of sp³-hybridized carbons (Fsp3) is 0.526. The van der Waals surface area contributed by atoms with Gasteiger partial charge in [0.15, 0.2) is 5.75 Å². The summed E-state index contributed by atoms with van der Waals surface area (Å²) in [5.41, 5.74) is -1.26. The molecule has 0 heterocycles. The van der Waals surface area contributed by atoms with Crippen LogP contribution in [0.15, 0.2) is 16.9 Å². The minimum atomic E-state index is -0.880. The molecule has 0 aromatic heterocycles. The van der Waals surface area contributed by atoms with Crippen LogP contribution < -0.4 is 10.7 Å². The molecule has 0 spiro atoms. The summed E-state index contributed by atoms with van der Waals surface area (Å²) in [4.78, 5) is 36.7. The number of hydrogen-bond acceptors (Lipinski definition) is 6. The van der Waals surface area contributed by atoms with E-state index in [4.69, 9.17) is 4.74 Å². The number of esters is 1. The molecule has 1 amide bonds. The molecule has 1 unspecified atom stereocenters. The predicted octanol–water partition coefficient (Wildman–Crippen LogP) is 2.25. The molecule has 7 heteroatoms. The van der Waals surface area contributed by atoms with E-state index in [0.717, 1.165) is 12.1 Å². The lowest BCUT2D eigenvalue weighted by Crippen LogP contribution is -2.45. The normalized spacial score (nSPS) is 12.6. The van der Waals surface area contributed by atoms with Crippen molar-refractivity contribution >= 4 is 11.9 Å². The minimum absolute atomic E-state index is 0.0165. The molecule has 3 N–H and O–H groups in total. The lowest BCUT2D eigenvalue weighted by molar-refractivity contribution is -0.157. The second-order valence-electron chi connectivity index (χ2n) is 7.67. The highest BCUT2D eigenvalue weighted by molar-refractivity contribution is 5.98. The Morgan fingerprint density at radius 3 is 2.27 bits per heavy atom. The second kappa shape index (κ2) is 8.21. The highest BCUT2D eigenvalue weighted by Gasteiger charge is 2.28. The molecular weight excluding hydrogens is 338 g/mol. The van der Waals surface area contributed by atoms with Gasteiger partial charge in [-0.2, -0.15) is 0 Å². The van der Waals surface area contributed by atoms with Crippen molar-refractivity contribution in [2.45, 2.75) is 59.6 Å². The molecule has 144 valence electrons. The number of hydrogen-bond donors (Lipinski definition) is 3. The topological polar surface area (TPSA) is 113 Å². The van der Waals surface area contributed by atoms with Crippen molar-refractivity contribution in [1.29, 1.82) is 0 Å². The highest BCUT2D eigenvalue weighted by Crippen LogP contribution is 2.22. The summed E-state index contributed by atoms with van der Waals surface area (Å²) in [5.74, 6) is -2.63. The van der Waals surface area contributed by atoms with Crippen molar-refractivity contribution in [2.75, 3.05) is 0 Å². The van der Waals surface area contributed by atoms with Crippen LogP contribution in [-0.4, -0.2) is 33.7 Å². The Labute approximate surface area is 153 Å². The van der Waals surface area contributed by atoms with E-state index in [1.165, 1.54) is 6.92 Å². The molecular formula is C19H27NO6. The van der Waals surface area contributed by atoms with Crippen LogP contribution in [0.25, 0.3) is 0 Å². The van der Waals surface area contributed by atoms with E-state index >= 15 is 0 Å². The molecule has 0 aliphatic rings. The van der Waals surface area contributed by atoms with Crippen molar-refractivity contribution in [3.05, 3.63) is 33.5 Å². The molecule has 0 fully saturated rings. The third-order valence-electron chi connectivity index (χ3n) is 3.48. The van der Waals surface area contributed by atoms with Crippen molar-refractivity contribution in [3.8, 4) is 11.5 Å². The van der Waals surface area contributed by atoms with Crippen molar-refractivity contribution in [3.63, 3.8) is 0 Å². The summed E-state index contributed by atoms with van der Waals surface area (Å²) >= 11 is 0.